The molecular weight excluding hydrogens is 402 g/mol. The van der Waals surface area contributed by atoms with Crippen LogP contribution in [0.25, 0.3) is 11.1 Å². The molecule has 3 aromatic rings. The molecule has 2 unspecified atom stereocenters. The fourth-order valence-corrected chi connectivity index (χ4v) is 4.57. The summed E-state index contributed by atoms with van der Waals surface area (Å²) in [7, 11) is 3.31. The Kier molecular flexibility index (Phi) is 6.76. The van der Waals surface area contributed by atoms with Crippen LogP contribution in [0, 0.1) is 5.92 Å². The third-order valence-corrected chi connectivity index (χ3v) is 6.23. The molecule has 1 aliphatic heterocycles. The molecule has 32 heavy (non-hydrogen) atoms. The van der Waals surface area contributed by atoms with Gasteiger partial charge in [-0.2, -0.15) is 0 Å². The molecule has 0 saturated carbocycles. The van der Waals surface area contributed by atoms with Crippen LogP contribution < -0.4 is 9.47 Å². The minimum Gasteiger partial charge on any atom is -0.497 e. The van der Waals surface area contributed by atoms with Gasteiger partial charge in [0.2, 0.25) is 0 Å². The van der Waals surface area contributed by atoms with Gasteiger partial charge in [0.1, 0.15) is 11.5 Å². The lowest BCUT2D eigenvalue weighted by atomic mass is 9.90. The summed E-state index contributed by atoms with van der Waals surface area (Å²) in [6.45, 7) is 1.33. The molecule has 4 rings (SSSR count). The molecule has 1 aliphatic rings. The van der Waals surface area contributed by atoms with E-state index in [4.69, 9.17) is 9.47 Å². The molecule has 0 spiro atoms. The van der Waals surface area contributed by atoms with Gasteiger partial charge < -0.3 is 14.6 Å². The maximum absolute atomic E-state index is 11.7. The third-order valence-electron chi connectivity index (χ3n) is 6.23. The van der Waals surface area contributed by atoms with Crippen LogP contribution in [-0.4, -0.2) is 43.3 Å². The third kappa shape index (κ3) is 4.63. The van der Waals surface area contributed by atoms with Crippen LogP contribution in [0.2, 0.25) is 0 Å². The Labute approximate surface area is 189 Å². The maximum Gasteiger partial charge on any atom is 0.307 e. The van der Waals surface area contributed by atoms with Crippen molar-refractivity contribution in [2.24, 2.45) is 5.92 Å². The summed E-state index contributed by atoms with van der Waals surface area (Å²) in [5.74, 6) is 0.413. The van der Waals surface area contributed by atoms with Gasteiger partial charge >= 0.3 is 5.97 Å². The standard InChI is InChI=1S/C27H29NO4/c1-31-23-14-15-25(32-2)24(17-23)26(28-16-6-9-22(18-28)27(29)30)21-12-10-20(11-13-21)19-7-4-3-5-8-19/h3-5,7-8,10-15,17,22,26H,6,9,16,18H2,1-2H3,(H,29,30). The van der Waals surface area contributed by atoms with Crippen molar-refractivity contribution in [3.8, 4) is 22.6 Å². The topological polar surface area (TPSA) is 59.0 Å². The highest BCUT2D eigenvalue weighted by Gasteiger charge is 2.33. The lowest BCUT2D eigenvalue weighted by Gasteiger charge is -2.38. The number of nitrogens with zero attached hydrogens (tertiary/aromatic N) is 1. The second kappa shape index (κ2) is 9.88. The summed E-state index contributed by atoms with van der Waals surface area (Å²) in [5, 5.41) is 9.65. The Morgan fingerprint density at radius 2 is 1.69 bits per heavy atom. The smallest absolute Gasteiger partial charge is 0.307 e. The van der Waals surface area contributed by atoms with Gasteiger partial charge in [0.15, 0.2) is 0 Å². The summed E-state index contributed by atoms with van der Waals surface area (Å²) in [5.41, 5.74) is 4.39. The molecule has 1 N–H and O–H groups in total. The zero-order valence-corrected chi connectivity index (χ0v) is 18.5. The fraction of sp³-hybridized carbons (Fsp3) is 0.296. The normalized spacial score (nSPS) is 17.5. The number of piperidine rings is 1. The van der Waals surface area contributed by atoms with Gasteiger partial charge in [0, 0.05) is 12.1 Å². The molecule has 0 radical (unpaired) electrons. The predicted molar refractivity (Wildman–Crippen MR) is 125 cm³/mol. The molecular formula is C27H29NO4. The number of likely N-dealkylation sites (tertiary alicyclic amines) is 1. The first-order chi connectivity index (χ1) is 15.6. The molecule has 2 atom stereocenters. The van der Waals surface area contributed by atoms with Crippen LogP contribution in [0.5, 0.6) is 11.5 Å². The number of aliphatic carboxylic acids is 1. The van der Waals surface area contributed by atoms with Crippen LogP contribution in [0.1, 0.15) is 30.0 Å². The monoisotopic (exact) mass is 431 g/mol. The van der Waals surface area contributed by atoms with E-state index in [0.717, 1.165) is 41.2 Å². The van der Waals surface area contributed by atoms with E-state index in [-0.39, 0.29) is 12.0 Å². The van der Waals surface area contributed by atoms with Crippen molar-refractivity contribution in [3.63, 3.8) is 0 Å². The van der Waals surface area contributed by atoms with E-state index in [9.17, 15) is 9.90 Å². The number of carbonyl (C=O) groups is 1. The van der Waals surface area contributed by atoms with E-state index in [0.29, 0.717) is 13.0 Å². The van der Waals surface area contributed by atoms with Crippen molar-refractivity contribution >= 4 is 5.97 Å². The van der Waals surface area contributed by atoms with E-state index < -0.39 is 5.97 Å². The first kappa shape index (κ1) is 21.9. The Bertz CT molecular complexity index is 1050. The van der Waals surface area contributed by atoms with Crippen LogP contribution in [0.15, 0.2) is 72.8 Å². The fourth-order valence-electron chi connectivity index (χ4n) is 4.57. The molecule has 1 heterocycles. The molecule has 0 amide bonds. The van der Waals surface area contributed by atoms with Gasteiger partial charge in [-0.05, 0) is 54.3 Å². The van der Waals surface area contributed by atoms with Gasteiger partial charge in [-0.1, -0.05) is 54.6 Å². The average Bonchev–Trinajstić information content (AvgIpc) is 2.85. The highest BCUT2D eigenvalue weighted by molar-refractivity contribution is 5.70. The predicted octanol–water partition coefficient (Wildman–Crippen LogP) is 5.26. The molecule has 0 aliphatic carbocycles. The quantitative estimate of drug-likeness (QED) is 0.553. The Balaban J connectivity index is 1.77. The van der Waals surface area contributed by atoms with E-state index in [1.807, 2.05) is 36.4 Å². The number of rotatable bonds is 7. The van der Waals surface area contributed by atoms with Crippen LogP contribution in [0.3, 0.4) is 0 Å². The highest BCUT2D eigenvalue weighted by atomic mass is 16.5. The number of carboxylic acids is 1. The van der Waals surface area contributed by atoms with Crippen LogP contribution >= 0.6 is 0 Å². The maximum atomic E-state index is 11.7. The van der Waals surface area contributed by atoms with Crippen molar-refractivity contribution in [2.75, 3.05) is 27.3 Å². The zero-order valence-electron chi connectivity index (χ0n) is 18.5. The van der Waals surface area contributed by atoms with Crippen molar-refractivity contribution in [3.05, 3.63) is 83.9 Å². The second-order valence-corrected chi connectivity index (χ2v) is 8.17. The number of hydrogen-bond donors (Lipinski definition) is 1. The van der Waals surface area contributed by atoms with Gasteiger partial charge in [-0.25, -0.2) is 0 Å². The van der Waals surface area contributed by atoms with E-state index in [2.05, 4.69) is 41.3 Å². The minimum atomic E-state index is -0.731. The highest BCUT2D eigenvalue weighted by Crippen LogP contribution is 2.39. The number of methoxy groups -OCH3 is 2. The van der Waals surface area contributed by atoms with Crippen LogP contribution in [-0.2, 0) is 4.79 Å². The summed E-state index contributed by atoms with van der Waals surface area (Å²) in [4.78, 5) is 14.0. The summed E-state index contributed by atoms with van der Waals surface area (Å²) in [6, 6.07) is 24.5. The Morgan fingerprint density at radius 3 is 2.34 bits per heavy atom. The Hall–Kier alpha value is -3.31. The zero-order chi connectivity index (χ0) is 22.5. The first-order valence-electron chi connectivity index (χ1n) is 10.9. The number of ether oxygens (including phenoxy) is 2. The Morgan fingerprint density at radius 1 is 0.969 bits per heavy atom. The summed E-state index contributed by atoms with van der Waals surface area (Å²) < 4.78 is 11.2. The molecule has 1 saturated heterocycles. The first-order valence-corrected chi connectivity index (χ1v) is 10.9. The molecule has 1 fully saturated rings. The van der Waals surface area contributed by atoms with Crippen molar-refractivity contribution in [2.45, 2.75) is 18.9 Å². The van der Waals surface area contributed by atoms with Crippen molar-refractivity contribution in [1.29, 1.82) is 0 Å². The molecule has 0 bridgehead atoms. The van der Waals surface area contributed by atoms with Crippen molar-refractivity contribution in [1.82, 2.24) is 4.90 Å². The van der Waals surface area contributed by atoms with Gasteiger partial charge in [0.05, 0.1) is 26.2 Å². The SMILES string of the molecule is COc1ccc(OC)c(C(c2ccc(-c3ccccc3)cc2)N2CCCC(C(=O)O)C2)c1. The number of carboxylic acid groups (broad SMARTS) is 1. The van der Waals surface area contributed by atoms with Crippen LogP contribution in [0.4, 0.5) is 0 Å². The summed E-state index contributed by atoms with van der Waals surface area (Å²) in [6.07, 6.45) is 1.56. The van der Waals surface area contributed by atoms with Gasteiger partial charge in [-0.3, -0.25) is 9.69 Å². The lowest BCUT2D eigenvalue weighted by Crippen LogP contribution is -2.41. The molecule has 5 heteroatoms. The summed E-state index contributed by atoms with van der Waals surface area (Å²) >= 11 is 0. The van der Waals surface area contributed by atoms with Gasteiger partial charge in [-0.15, -0.1) is 0 Å². The van der Waals surface area contributed by atoms with E-state index in [1.165, 1.54) is 5.56 Å². The molecule has 0 aromatic heterocycles. The minimum absolute atomic E-state index is 0.132. The molecule has 166 valence electrons. The number of hydrogen-bond acceptors (Lipinski definition) is 4. The number of benzene rings is 3. The van der Waals surface area contributed by atoms with E-state index >= 15 is 0 Å². The van der Waals surface area contributed by atoms with Gasteiger partial charge in [0.25, 0.3) is 0 Å². The molecule has 5 nitrogen and oxygen atoms in total. The van der Waals surface area contributed by atoms with Crippen molar-refractivity contribution < 1.29 is 19.4 Å². The second-order valence-electron chi connectivity index (χ2n) is 8.17. The lowest BCUT2D eigenvalue weighted by molar-refractivity contribution is -0.143. The average molecular weight is 432 g/mol. The van der Waals surface area contributed by atoms with E-state index in [1.54, 1.807) is 14.2 Å². The molecule has 3 aromatic carbocycles. The largest absolute Gasteiger partial charge is 0.497 e.